The van der Waals surface area contributed by atoms with E-state index in [0.717, 1.165) is 5.56 Å². The predicted molar refractivity (Wildman–Crippen MR) is 44.3 cm³/mol. The van der Waals surface area contributed by atoms with Crippen LogP contribution in [-0.4, -0.2) is 4.92 Å². The molecule has 0 saturated heterocycles. The van der Waals surface area contributed by atoms with Gasteiger partial charge in [-0.3, -0.25) is 10.1 Å². The maximum atomic E-state index is 10.4. The van der Waals surface area contributed by atoms with Gasteiger partial charge in [-0.05, 0) is 11.4 Å². The summed E-state index contributed by atoms with van der Waals surface area (Å²) in [4.78, 5) is 10.2. The summed E-state index contributed by atoms with van der Waals surface area (Å²) in [7, 11) is 0. The molecule has 60 valence electrons. The van der Waals surface area contributed by atoms with Crippen LogP contribution in [0, 0.1) is 10.1 Å². The van der Waals surface area contributed by atoms with Crippen molar-refractivity contribution in [1.29, 1.82) is 0 Å². The summed E-state index contributed by atoms with van der Waals surface area (Å²) < 4.78 is 0. The van der Waals surface area contributed by atoms with E-state index in [1.807, 2.05) is 23.8 Å². The molecule has 0 fully saturated rings. The molecule has 1 atom stereocenters. The van der Waals surface area contributed by atoms with Crippen LogP contribution in [0.15, 0.2) is 16.8 Å². The third-order valence-corrected chi connectivity index (χ3v) is 2.27. The lowest BCUT2D eigenvalue weighted by Gasteiger charge is -2.02. The summed E-state index contributed by atoms with van der Waals surface area (Å²) in [6, 6.07) is 1.29. The van der Waals surface area contributed by atoms with E-state index in [0.29, 0.717) is 6.42 Å². The summed E-state index contributed by atoms with van der Waals surface area (Å²) in [5, 5.41) is 14.1. The maximum absolute atomic E-state index is 10.4. The summed E-state index contributed by atoms with van der Waals surface area (Å²) >= 11 is 1.50. The Morgan fingerprint density at radius 1 is 1.82 bits per heavy atom. The average Bonchev–Trinajstić information content (AvgIpc) is 2.40. The topological polar surface area (TPSA) is 43.1 Å². The van der Waals surface area contributed by atoms with Gasteiger partial charge in [0.05, 0.1) is 0 Å². The zero-order valence-corrected chi connectivity index (χ0v) is 7.00. The van der Waals surface area contributed by atoms with Gasteiger partial charge in [0.25, 0.3) is 0 Å². The van der Waals surface area contributed by atoms with Crippen molar-refractivity contribution < 1.29 is 4.92 Å². The van der Waals surface area contributed by atoms with Crippen molar-refractivity contribution in [2.24, 2.45) is 0 Å². The summed E-state index contributed by atoms with van der Waals surface area (Å²) in [6.07, 6.45) is 0.559. The fourth-order valence-electron chi connectivity index (χ4n) is 0.971. The normalized spacial score (nSPS) is 12.8. The van der Waals surface area contributed by atoms with Gasteiger partial charge in [-0.25, -0.2) is 0 Å². The van der Waals surface area contributed by atoms with E-state index in [4.69, 9.17) is 0 Å². The number of thiophene rings is 1. The van der Waals surface area contributed by atoms with Gasteiger partial charge in [0.15, 0.2) is 0 Å². The third kappa shape index (κ3) is 1.77. The monoisotopic (exact) mass is 171 g/mol. The van der Waals surface area contributed by atoms with E-state index in [1.54, 1.807) is 0 Å². The minimum atomic E-state index is -0.513. The van der Waals surface area contributed by atoms with Gasteiger partial charge in [0.1, 0.15) is 0 Å². The highest BCUT2D eigenvalue weighted by Gasteiger charge is 2.19. The largest absolute Gasteiger partial charge is 0.264 e. The molecular weight excluding hydrogens is 162 g/mol. The third-order valence-electron chi connectivity index (χ3n) is 1.57. The molecule has 1 aromatic heterocycles. The first-order valence-electron chi connectivity index (χ1n) is 3.41. The first-order chi connectivity index (χ1) is 5.25. The number of rotatable bonds is 3. The molecule has 0 aliphatic heterocycles. The van der Waals surface area contributed by atoms with Gasteiger partial charge in [0.2, 0.25) is 6.04 Å². The molecule has 0 spiro atoms. The smallest absolute Gasteiger partial charge is 0.238 e. The molecule has 1 unspecified atom stereocenters. The highest BCUT2D eigenvalue weighted by atomic mass is 32.1. The van der Waals surface area contributed by atoms with E-state index < -0.39 is 6.04 Å². The number of hydrogen-bond acceptors (Lipinski definition) is 3. The van der Waals surface area contributed by atoms with Gasteiger partial charge in [-0.15, -0.1) is 0 Å². The van der Waals surface area contributed by atoms with Gasteiger partial charge in [-0.2, -0.15) is 11.3 Å². The Labute approximate surface area is 68.8 Å². The lowest BCUT2D eigenvalue weighted by molar-refractivity contribution is -0.529. The fourth-order valence-corrected chi connectivity index (χ4v) is 1.68. The SMILES string of the molecule is CCC(c1ccsc1)[N+](=O)[O-]. The Hall–Kier alpha value is -0.900. The van der Waals surface area contributed by atoms with Gasteiger partial charge in [0, 0.05) is 22.3 Å². The molecule has 0 radical (unpaired) electrons. The molecule has 0 aliphatic rings. The summed E-state index contributed by atoms with van der Waals surface area (Å²) in [5.41, 5.74) is 0.822. The van der Waals surface area contributed by atoms with Crippen molar-refractivity contribution in [2.45, 2.75) is 19.4 Å². The molecule has 0 aromatic carbocycles. The van der Waals surface area contributed by atoms with Crippen LogP contribution < -0.4 is 0 Å². The number of nitro groups is 1. The molecule has 0 amide bonds. The molecule has 0 aliphatic carbocycles. The molecule has 1 rings (SSSR count). The quantitative estimate of drug-likeness (QED) is 0.518. The van der Waals surface area contributed by atoms with Crippen LogP contribution in [-0.2, 0) is 0 Å². The first-order valence-corrected chi connectivity index (χ1v) is 4.35. The van der Waals surface area contributed by atoms with E-state index in [-0.39, 0.29) is 4.92 Å². The maximum Gasteiger partial charge on any atom is 0.238 e. The minimum absolute atomic E-state index is 0.234. The van der Waals surface area contributed by atoms with Gasteiger partial charge in [-0.1, -0.05) is 6.92 Å². The lowest BCUT2D eigenvalue weighted by atomic mass is 10.1. The molecule has 0 bridgehead atoms. The average molecular weight is 171 g/mol. The Bertz CT molecular complexity index is 233. The first kappa shape index (κ1) is 8.20. The van der Waals surface area contributed by atoms with Crippen LogP contribution in [0.25, 0.3) is 0 Å². The standard InChI is InChI=1S/C7H9NO2S/c1-2-7(8(9)10)6-3-4-11-5-6/h3-5,7H,2H2,1H3. The van der Waals surface area contributed by atoms with E-state index in [2.05, 4.69) is 0 Å². The zero-order chi connectivity index (χ0) is 8.27. The molecule has 0 saturated carbocycles. The Morgan fingerprint density at radius 3 is 2.91 bits per heavy atom. The second-order valence-electron chi connectivity index (χ2n) is 2.27. The van der Waals surface area contributed by atoms with Crippen LogP contribution in [0.1, 0.15) is 24.9 Å². The molecule has 1 heterocycles. The van der Waals surface area contributed by atoms with Crippen LogP contribution in [0.4, 0.5) is 0 Å². The second kappa shape index (κ2) is 3.48. The predicted octanol–water partition coefficient (Wildman–Crippen LogP) is 2.48. The Kier molecular flexibility index (Phi) is 2.59. The second-order valence-corrected chi connectivity index (χ2v) is 3.05. The number of hydrogen-bond donors (Lipinski definition) is 0. The molecule has 4 heteroatoms. The van der Waals surface area contributed by atoms with Crippen molar-refractivity contribution in [3.63, 3.8) is 0 Å². The zero-order valence-electron chi connectivity index (χ0n) is 6.19. The molecule has 11 heavy (non-hydrogen) atoms. The Morgan fingerprint density at radius 2 is 2.55 bits per heavy atom. The molecule has 3 nitrogen and oxygen atoms in total. The fraction of sp³-hybridized carbons (Fsp3) is 0.429. The summed E-state index contributed by atoms with van der Waals surface area (Å²) in [6.45, 7) is 1.82. The van der Waals surface area contributed by atoms with Crippen molar-refractivity contribution in [2.75, 3.05) is 0 Å². The van der Waals surface area contributed by atoms with Crippen LogP contribution in [0.5, 0.6) is 0 Å². The van der Waals surface area contributed by atoms with Gasteiger partial charge < -0.3 is 0 Å². The van der Waals surface area contributed by atoms with E-state index in [1.165, 1.54) is 11.3 Å². The summed E-state index contributed by atoms with van der Waals surface area (Å²) in [5.74, 6) is 0. The highest BCUT2D eigenvalue weighted by molar-refractivity contribution is 7.07. The Balaban J connectivity index is 2.79. The van der Waals surface area contributed by atoms with Crippen molar-refractivity contribution in [1.82, 2.24) is 0 Å². The van der Waals surface area contributed by atoms with Crippen LogP contribution in [0.2, 0.25) is 0 Å². The van der Waals surface area contributed by atoms with Crippen LogP contribution in [0.3, 0.4) is 0 Å². The lowest BCUT2D eigenvalue weighted by Crippen LogP contribution is -2.07. The van der Waals surface area contributed by atoms with Crippen molar-refractivity contribution >= 4 is 11.3 Å². The van der Waals surface area contributed by atoms with E-state index >= 15 is 0 Å². The molecule has 0 N–H and O–H groups in total. The van der Waals surface area contributed by atoms with Crippen molar-refractivity contribution in [3.05, 3.63) is 32.5 Å². The number of nitrogens with zero attached hydrogens (tertiary/aromatic N) is 1. The van der Waals surface area contributed by atoms with E-state index in [9.17, 15) is 10.1 Å². The van der Waals surface area contributed by atoms with Crippen LogP contribution >= 0.6 is 11.3 Å². The highest BCUT2D eigenvalue weighted by Crippen LogP contribution is 2.21. The minimum Gasteiger partial charge on any atom is -0.264 e. The molecule has 1 aromatic rings. The van der Waals surface area contributed by atoms with Gasteiger partial charge >= 0.3 is 0 Å². The molecular formula is C7H9NO2S. The van der Waals surface area contributed by atoms with Crippen molar-refractivity contribution in [3.8, 4) is 0 Å².